The Morgan fingerprint density at radius 2 is 1.88 bits per heavy atom. The third-order valence-corrected chi connectivity index (χ3v) is 2.21. The SMILES string of the molecule is NC(=O)CC(O)C(O)c1cc(F)c(N)cc1F. The van der Waals surface area contributed by atoms with Crippen molar-refractivity contribution in [2.45, 2.75) is 18.6 Å². The first-order valence-corrected chi connectivity index (χ1v) is 4.71. The number of hydrogen-bond acceptors (Lipinski definition) is 4. The van der Waals surface area contributed by atoms with Crippen LogP contribution in [0.4, 0.5) is 14.5 Å². The molecule has 0 aliphatic heterocycles. The summed E-state index contributed by atoms with van der Waals surface area (Å²) in [4.78, 5) is 10.5. The zero-order valence-electron chi connectivity index (χ0n) is 8.73. The minimum atomic E-state index is -1.75. The predicted molar refractivity (Wildman–Crippen MR) is 55.5 cm³/mol. The molecule has 94 valence electrons. The third kappa shape index (κ3) is 3.11. The molecule has 0 fully saturated rings. The Morgan fingerprint density at radius 1 is 1.29 bits per heavy atom. The number of primary amides is 1. The molecule has 0 aliphatic rings. The van der Waals surface area contributed by atoms with Crippen molar-refractivity contribution in [3.05, 3.63) is 29.3 Å². The Kier molecular flexibility index (Phi) is 3.97. The number of anilines is 1. The van der Waals surface area contributed by atoms with Crippen molar-refractivity contribution in [2.75, 3.05) is 5.73 Å². The molecular formula is C10H12F2N2O3. The highest BCUT2D eigenvalue weighted by Crippen LogP contribution is 2.25. The molecule has 0 aromatic heterocycles. The number of aliphatic hydroxyl groups is 2. The number of aliphatic hydroxyl groups excluding tert-OH is 2. The molecule has 0 saturated carbocycles. The summed E-state index contributed by atoms with van der Waals surface area (Å²) in [5.41, 5.74) is 9.02. The van der Waals surface area contributed by atoms with E-state index in [1.165, 1.54) is 0 Å². The molecule has 1 aromatic carbocycles. The average Bonchev–Trinajstić information content (AvgIpc) is 2.21. The van der Waals surface area contributed by atoms with Gasteiger partial charge in [-0.05, 0) is 6.07 Å². The van der Waals surface area contributed by atoms with Gasteiger partial charge < -0.3 is 21.7 Å². The van der Waals surface area contributed by atoms with Crippen LogP contribution < -0.4 is 11.5 Å². The molecule has 6 N–H and O–H groups in total. The average molecular weight is 246 g/mol. The molecule has 7 heteroatoms. The highest BCUT2D eigenvalue weighted by molar-refractivity contribution is 5.74. The van der Waals surface area contributed by atoms with Crippen molar-refractivity contribution in [3.8, 4) is 0 Å². The lowest BCUT2D eigenvalue weighted by atomic mass is 10.0. The smallest absolute Gasteiger partial charge is 0.220 e. The number of halogens is 2. The second kappa shape index (κ2) is 5.07. The highest BCUT2D eigenvalue weighted by Gasteiger charge is 2.24. The maximum absolute atomic E-state index is 13.3. The van der Waals surface area contributed by atoms with Crippen LogP contribution in [0.25, 0.3) is 0 Å². The number of hydrogen-bond donors (Lipinski definition) is 4. The topological polar surface area (TPSA) is 110 Å². The van der Waals surface area contributed by atoms with Crippen molar-refractivity contribution in [1.82, 2.24) is 0 Å². The summed E-state index contributed by atoms with van der Waals surface area (Å²) in [7, 11) is 0. The summed E-state index contributed by atoms with van der Waals surface area (Å²) >= 11 is 0. The molecule has 0 aliphatic carbocycles. The second-order valence-corrected chi connectivity index (χ2v) is 3.58. The molecule has 0 saturated heterocycles. The van der Waals surface area contributed by atoms with Crippen molar-refractivity contribution in [1.29, 1.82) is 0 Å². The minimum Gasteiger partial charge on any atom is -0.396 e. The van der Waals surface area contributed by atoms with Crippen molar-refractivity contribution in [3.63, 3.8) is 0 Å². The van der Waals surface area contributed by atoms with Crippen LogP contribution in [0.2, 0.25) is 0 Å². The summed E-state index contributed by atoms with van der Waals surface area (Å²) in [6, 6.07) is 1.35. The van der Waals surface area contributed by atoms with Crippen LogP contribution in [0.1, 0.15) is 18.1 Å². The number of amides is 1. The zero-order chi connectivity index (χ0) is 13.2. The number of carbonyl (C=O) groups excluding carboxylic acids is 1. The molecule has 2 unspecified atom stereocenters. The largest absolute Gasteiger partial charge is 0.396 e. The molecule has 0 spiro atoms. The molecule has 1 rings (SSSR count). The van der Waals surface area contributed by atoms with E-state index in [1.807, 2.05) is 0 Å². The van der Waals surface area contributed by atoms with Gasteiger partial charge in [0.1, 0.15) is 17.7 Å². The van der Waals surface area contributed by atoms with Gasteiger partial charge in [-0.15, -0.1) is 0 Å². The van der Waals surface area contributed by atoms with Gasteiger partial charge in [-0.1, -0.05) is 0 Å². The van der Waals surface area contributed by atoms with E-state index >= 15 is 0 Å². The van der Waals surface area contributed by atoms with Gasteiger partial charge in [-0.2, -0.15) is 0 Å². The van der Waals surface area contributed by atoms with Gasteiger partial charge in [0.05, 0.1) is 18.2 Å². The first-order valence-electron chi connectivity index (χ1n) is 4.71. The number of rotatable bonds is 4. The fourth-order valence-corrected chi connectivity index (χ4v) is 1.33. The second-order valence-electron chi connectivity index (χ2n) is 3.58. The Hall–Kier alpha value is -1.73. The first-order chi connectivity index (χ1) is 7.82. The van der Waals surface area contributed by atoms with E-state index in [0.717, 1.165) is 0 Å². The van der Waals surface area contributed by atoms with Gasteiger partial charge in [-0.3, -0.25) is 4.79 Å². The number of nitrogens with two attached hydrogens (primary N) is 2. The Bertz CT molecular complexity index is 440. The fraction of sp³-hybridized carbons (Fsp3) is 0.300. The van der Waals surface area contributed by atoms with Gasteiger partial charge in [0, 0.05) is 11.6 Å². The molecular weight excluding hydrogens is 234 g/mol. The van der Waals surface area contributed by atoms with Crippen molar-refractivity contribution < 1.29 is 23.8 Å². The molecule has 0 bridgehead atoms. The van der Waals surface area contributed by atoms with E-state index in [-0.39, 0.29) is 0 Å². The molecule has 5 nitrogen and oxygen atoms in total. The quantitative estimate of drug-likeness (QED) is 0.552. The van der Waals surface area contributed by atoms with Crippen molar-refractivity contribution in [2.24, 2.45) is 5.73 Å². The molecule has 0 heterocycles. The van der Waals surface area contributed by atoms with Crippen LogP contribution in [-0.4, -0.2) is 22.2 Å². The zero-order valence-corrected chi connectivity index (χ0v) is 8.73. The minimum absolute atomic E-state index is 0.414. The molecule has 1 aromatic rings. The van der Waals surface area contributed by atoms with Gasteiger partial charge in [0.2, 0.25) is 5.91 Å². The Balaban J connectivity index is 2.99. The van der Waals surface area contributed by atoms with Crippen LogP contribution in [0, 0.1) is 11.6 Å². The standard InChI is InChI=1S/C10H12F2N2O3/c11-5-2-7(13)6(12)1-4(5)10(17)8(15)3-9(14)16/h1-2,8,10,15,17H,3,13H2,(H2,14,16). The number of carbonyl (C=O) groups is 1. The summed E-state index contributed by atoms with van der Waals surface area (Å²) < 4.78 is 26.4. The summed E-state index contributed by atoms with van der Waals surface area (Å²) in [5, 5.41) is 18.9. The fourth-order valence-electron chi connectivity index (χ4n) is 1.33. The third-order valence-electron chi connectivity index (χ3n) is 2.21. The van der Waals surface area contributed by atoms with E-state index < -0.39 is 47.4 Å². The van der Waals surface area contributed by atoms with Crippen LogP contribution in [-0.2, 0) is 4.79 Å². The monoisotopic (exact) mass is 246 g/mol. The molecule has 17 heavy (non-hydrogen) atoms. The van der Waals surface area contributed by atoms with Crippen LogP contribution >= 0.6 is 0 Å². The molecule has 0 radical (unpaired) electrons. The van der Waals surface area contributed by atoms with Crippen LogP contribution in [0.3, 0.4) is 0 Å². The highest BCUT2D eigenvalue weighted by atomic mass is 19.1. The van der Waals surface area contributed by atoms with Crippen LogP contribution in [0.5, 0.6) is 0 Å². The maximum atomic E-state index is 13.3. The van der Waals surface area contributed by atoms with E-state index in [0.29, 0.717) is 12.1 Å². The Morgan fingerprint density at radius 3 is 2.41 bits per heavy atom. The van der Waals surface area contributed by atoms with Crippen molar-refractivity contribution >= 4 is 11.6 Å². The van der Waals surface area contributed by atoms with E-state index in [2.05, 4.69) is 0 Å². The van der Waals surface area contributed by atoms with Gasteiger partial charge in [0.25, 0.3) is 0 Å². The van der Waals surface area contributed by atoms with Gasteiger partial charge in [0.15, 0.2) is 0 Å². The lowest BCUT2D eigenvalue weighted by Crippen LogP contribution is -2.26. The summed E-state index contributed by atoms with van der Waals surface area (Å²) in [6.07, 6.45) is -3.92. The first kappa shape index (κ1) is 13.3. The maximum Gasteiger partial charge on any atom is 0.220 e. The normalized spacial score (nSPS) is 14.4. The molecule has 2 atom stereocenters. The molecule has 1 amide bonds. The lowest BCUT2D eigenvalue weighted by molar-refractivity contribution is -0.121. The van der Waals surface area contributed by atoms with Crippen LogP contribution in [0.15, 0.2) is 12.1 Å². The van der Waals surface area contributed by atoms with Gasteiger partial charge in [-0.25, -0.2) is 8.78 Å². The van der Waals surface area contributed by atoms with E-state index in [4.69, 9.17) is 11.5 Å². The van der Waals surface area contributed by atoms with E-state index in [9.17, 15) is 23.8 Å². The number of benzene rings is 1. The predicted octanol–water partition coefficient (Wildman–Crippen LogP) is -0.183. The lowest BCUT2D eigenvalue weighted by Gasteiger charge is -2.17. The summed E-state index contributed by atoms with van der Waals surface area (Å²) in [5.74, 6) is -2.76. The van der Waals surface area contributed by atoms with E-state index in [1.54, 1.807) is 0 Å². The number of nitrogen functional groups attached to an aromatic ring is 1. The summed E-state index contributed by atoms with van der Waals surface area (Å²) in [6.45, 7) is 0. The Labute approximate surface area is 95.7 Å². The van der Waals surface area contributed by atoms with Gasteiger partial charge >= 0.3 is 0 Å².